The molecule has 0 aliphatic carbocycles. The van der Waals surface area contributed by atoms with E-state index in [0.717, 1.165) is 6.07 Å². The number of hydrogen-bond acceptors (Lipinski definition) is 3. The summed E-state index contributed by atoms with van der Waals surface area (Å²) in [4.78, 5) is 7.97. The van der Waals surface area contributed by atoms with Gasteiger partial charge in [0.05, 0.1) is 0 Å². The van der Waals surface area contributed by atoms with E-state index in [-0.39, 0.29) is 5.41 Å². The lowest BCUT2D eigenvalue weighted by molar-refractivity contribution is 0.0896. The molecule has 0 spiro atoms. The Labute approximate surface area is 121 Å². The highest BCUT2D eigenvalue weighted by molar-refractivity contribution is 14.1. The predicted molar refractivity (Wildman–Crippen MR) is 71.9 cm³/mol. The fourth-order valence-electron chi connectivity index (χ4n) is 1.32. The Kier molecular flexibility index (Phi) is 3.25. The lowest BCUT2D eigenvalue weighted by Gasteiger charge is -2.11. The first-order valence-corrected chi connectivity index (χ1v) is 6.56. The van der Waals surface area contributed by atoms with Crippen LogP contribution in [0.3, 0.4) is 0 Å². The average Bonchev–Trinajstić information content (AvgIpc) is 2.59. The first-order valence-electron chi connectivity index (χ1n) is 5.10. The maximum Gasteiger partial charge on any atom is 0.365 e. The molecule has 0 aromatic carbocycles. The molecule has 0 saturated heterocycles. The lowest BCUT2D eigenvalue weighted by Crippen LogP contribution is -2.14. The number of rotatable bonds is 1. The Morgan fingerprint density at radius 2 is 1.89 bits per heavy atom. The number of fused-ring (bicyclic) bond motifs is 1. The van der Waals surface area contributed by atoms with Gasteiger partial charge in [-0.3, -0.25) is 0 Å². The van der Waals surface area contributed by atoms with E-state index in [2.05, 4.69) is 15.1 Å². The summed E-state index contributed by atoms with van der Waals surface area (Å²) < 4.78 is 27.8. The van der Waals surface area contributed by atoms with Gasteiger partial charge in [0.25, 0.3) is 0 Å². The van der Waals surface area contributed by atoms with E-state index in [0.29, 0.717) is 15.3 Å². The average molecular weight is 387 g/mol. The second-order valence-corrected chi connectivity index (χ2v) is 6.30. The number of hydrogen-bond donors (Lipinski definition) is 0. The molecule has 0 N–H and O–H groups in total. The van der Waals surface area contributed by atoms with Gasteiger partial charge in [-0.1, -0.05) is 20.8 Å². The summed E-state index contributed by atoms with van der Waals surface area (Å²) in [7, 11) is 0. The van der Waals surface area contributed by atoms with Crippen LogP contribution < -0.4 is 0 Å². The van der Waals surface area contributed by atoms with Gasteiger partial charge < -0.3 is 0 Å². The highest BCUT2D eigenvalue weighted by Crippen LogP contribution is 2.32. The number of nitrogens with zero attached hydrogens (tertiary/aromatic N) is 4. The molecule has 0 unspecified atom stereocenters. The third-order valence-electron chi connectivity index (χ3n) is 2.25. The zero-order valence-electron chi connectivity index (χ0n) is 9.88. The Morgan fingerprint density at radius 3 is 2.39 bits per heavy atom. The maximum atomic E-state index is 13.0. The number of alkyl halides is 3. The van der Waals surface area contributed by atoms with E-state index in [1.54, 1.807) is 0 Å². The first-order chi connectivity index (χ1) is 8.09. The van der Waals surface area contributed by atoms with Crippen LogP contribution in [0.1, 0.15) is 32.3 Å². The molecule has 8 heteroatoms. The highest BCUT2D eigenvalue weighted by Gasteiger charge is 2.31. The minimum absolute atomic E-state index is 0.265. The molecule has 18 heavy (non-hydrogen) atoms. The van der Waals surface area contributed by atoms with Gasteiger partial charge in [-0.25, -0.2) is 9.97 Å². The fourth-order valence-corrected chi connectivity index (χ4v) is 2.03. The van der Waals surface area contributed by atoms with Crippen LogP contribution in [0.25, 0.3) is 5.65 Å². The van der Waals surface area contributed by atoms with Gasteiger partial charge in [0.1, 0.15) is 5.69 Å². The van der Waals surface area contributed by atoms with E-state index < -0.39 is 11.1 Å². The van der Waals surface area contributed by atoms with Crippen molar-refractivity contribution in [1.29, 1.82) is 0 Å². The van der Waals surface area contributed by atoms with E-state index >= 15 is 0 Å². The second kappa shape index (κ2) is 4.22. The number of halogens is 4. The van der Waals surface area contributed by atoms with Crippen molar-refractivity contribution < 1.29 is 8.78 Å². The Balaban J connectivity index is 2.67. The van der Waals surface area contributed by atoms with Crippen molar-refractivity contribution in [3.63, 3.8) is 0 Å². The monoisotopic (exact) mass is 386 g/mol. The molecular weight excluding hydrogens is 376 g/mol. The zero-order valence-corrected chi connectivity index (χ0v) is 12.8. The van der Waals surface area contributed by atoms with Crippen molar-refractivity contribution in [2.75, 3.05) is 0 Å². The van der Waals surface area contributed by atoms with Gasteiger partial charge in [-0.2, -0.15) is 13.3 Å². The van der Waals surface area contributed by atoms with Crippen LogP contribution in [-0.4, -0.2) is 19.6 Å². The smallest absolute Gasteiger partial charge is 0.220 e. The predicted octanol–water partition coefficient (Wildman–Crippen LogP) is 3.31. The topological polar surface area (TPSA) is 43.1 Å². The fraction of sp³-hybridized carbons (Fsp3) is 0.500. The minimum atomic E-state index is -3.50. The summed E-state index contributed by atoms with van der Waals surface area (Å²) in [6.45, 7) is 5.83. The van der Waals surface area contributed by atoms with Crippen LogP contribution in [0.15, 0.2) is 6.07 Å². The van der Waals surface area contributed by atoms with Crippen molar-refractivity contribution in [2.24, 2.45) is 0 Å². The summed E-state index contributed by atoms with van der Waals surface area (Å²) in [5, 5.41) is 0.750. The molecule has 0 aliphatic heterocycles. The normalized spacial score (nSPS) is 13.3. The Hall–Kier alpha value is -0.570. The van der Waals surface area contributed by atoms with E-state index in [9.17, 15) is 8.78 Å². The van der Waals surface area contributed by atoms with Crippen molar-refractivity contribution in [3.05, 3.63) is 21.4 Å². The molecule has 2 aromatic rings. The highest BCUT2D eigenvalue weighted by atomic mass is 127. The molecule has 0 radical (unpaired) electrons. The van der Waals surface area contributed by atoms with Crippen molar-refractivity contribution in [2.45, 2.75) is 31.6 Å². The quantitative estimate of drug-likeness (QED) is 0.429. The van der Waals surface area contributed by atoms with Crippen LogP contribution in [0.4, 0.5) is 8.78 Å². The number of aromatic nitrogens is 4. The standard InChI is InChI=1S/C10H10ClF2IN4/c1-9(2,3)7-16-6-4-5(10(11,12)13)15-8(14)18(6)17-7/h4H,1-3H3. The molecule has 2 heterocycles. The molecule has 0 saturated carbocycles. The second-order valence-electron chi connectivity index (χ2n) is 4.86. The molecule has 0 atom stereocenters. The summed E-state index contributed by atoms with van der Waals surface area (Å²) in [6.07, 6.45) is 0. The van der Waals surface area contributed by atoms with Gasteiger partial charge in [-0.15, -0.1) is 5.10 Å². The summed E-state index contributed by atoms with van der Waals surface area (Å²) >= 11 is 6.79. The van der Waals surface area contributed by atoms with Crippen LogP contribution in [0.2, 0.25) is 0 Å². The molecule has 0 fully saturated rings. The molecule has 0 aliphatic rings. The molecule has 0 bridgehead atoms. The Bertz CT molecular complexity index is 600. The van der Waals surface area contributed by atoms with Crippen LogP contribution in [0, 0.1) is 3.83 Å². The molecular formula is C10H10ClF2IN4. The van der Waals surface area contributed by atoms with Gasteiger partial charge in [0.15, 0.2) is 15.3 Å². The SMILES string of the molecule is CC(C)(C)c1nc2cc(C(F)(F)Cl)nc(I)n2n1. The largest absolute Gasteiger partial charge is 0.365 e. The van der Waals surface area contributed by atoms with Gasteiger partial charge in [0.2, 0.25) is 0 Å². The van der Waals surface area contributed by atoms with Gasteiger partial charge >= 0.3 is 5.38 Å². The van der Waals surface area contributed by atoms with E-state index in [1.165, 1.54) is 4.52 Å². The Morgan fingerprint density at radius 1 is 1.28 bits per heavy atom. The van der Waals surface area contributed by atoms with Crippen molar-refractivity contribution in [1.82, 2.24) is 19.6 Å². The first kappa shape index (κ1) is 13.9. The third-order valence-corrected chi connectivity index (χ3v) is 3.14. The van der Waals surface area contributed by atoms with Crippen molar-refractivity contribution in [3.8, 4) is 0 Å². The van der Waals surface area contributed by atoms with Gasteiger partial charge in [0, 0.05) is 34.1 Å². The summed E-state index contributed by atoms with van der Waals surface area (Å²) in [6, 6.07) is 1.15. The molecule has 98 valence electrons. The van der Waals surface area contributed by atoms with E-state index in [1.807, 2.05) is 43.4 Å². The summed E-state index contributed by atoms with van der Waals surface area (Å²) in [5.74, 6) is 0.567. The third kappa shape index (κ3) is 2.56. The van der Waals surface area contributed by atoms with Gasteiger partial charge in [-0.05, 0) is 11.6 Å². The maximum absolute atomic E-state index is 13.0. The van der Waals surface area contributed by atoms with Crippen LogP contribution in [0.5, 0.6) is 0 Å². The van der Waals surface area contributed by atoms with Crippen molar-refractivity contribution >= 4 is 39.8 Å². The van der Waals surface area contributed by atoms with Crippen LogP contribution in [-0.2, 0) is 10.8 Å². The zero-order chi connectivity index (χ0) is 13.7. The lowest BCUT2D eigenvalue weighted by atomic mass is 9.96. The van der Waals surface area contributed by atoms with Crippen LogP contribution >= 0.6 is 34.2 Å². The molecule has 0 amide bonds. The molecule has 4 nitrogen and oxygen atoms in total. The molecule has 2 aromatic heterocycles. The van der Waals surface area contributed by atoms with E-state index in [4.69, 9.17) is 11.6 Å². The molecule has 2 rings (SSSR count). The summed E-state index contributed by atoms with van der Waals surface area (Å²) in [5.41, 5.74) is -0.470. The minimum Gasteiger partial charge on any atom is -0.220 e.